The van der Waals surface area contributed by atoms with E-state index in [0.29, 0.717) is 46.6 Å². The average molecular weight is 585 g/mol. The summed E-state index contributed by atoms with van der Waals surface area (Å²) in [6.45, 7) is 1.45. The maximum Gasteiger partial charge on any atom is 0.270 e. The van der Waals surface area contributed by atoms with Crippen LogP contribution in [0.1, 0.15) is 23.0 Å². The monoisotopic (exact) mass is 584 g/mol. The number of halogens is 1. The van der Waals surface area contributed by atoms with Gasteiger partial charge >= 0.3 is 0 Å². The van der Waals surface area contributed by atoms with E-state index in [9.17, 15) is 9.90 Å². The third kappa shape index (κ3) is 5.80. The number of pyridine rings is 2. The lowest BCUT2D eigenvalue weighted by Crippen LogP contribution is -2.50. The number of piperidine rings is 1. The molecule has 1 fully saturated rings. The van der Waals surface area contributed by atoms with Crippen LogP contribution < -0.4 is 10.1 Å². The summed E-state index contributed by atoms with van der Waals surface area (Å²) in [5, 5.41) is 13.0. The molecule has 0 aliphatic carbocycles. The predicted molar refractivity (Wildman–Crippen MR) is 158 cm³/mol. The van der Waals surface area contributed by atoms with Gasteiger partial charge in [0.15, 0.2) is 5.82 Å². The summed E-state index contributed by atoms with van der Waals surface area (Å²) in [7, 11) is 2.03. The van der Waals surface area contributed by atoms with E-state index in [1.54, 1.807) is 36.8 Å². The van der Waals surface area contributed by atoms with Crippen molar-refractivity contribution in [1.82, 2.24) is 39.7 Å². The van der Waals surface area contributed by atoms with Crippen LogP contribution in [0, 0.1) is 0 Å². The Morgan fingerprint density at radius 1 is 1.07 bits per heavy atom. The van der Waals surface area contributed by atoms with Crippen molar-refractivity contribution in [3.8, 4) is 28.7 Å². The van der Waals surface area contributed by atoms with Gasteiger partial charge in [-0.25, -0.2) is 15.0 Å². The molecule has 0 spiro atoms. The van der Waals surface area contributed by atoms with E-state index in [1.807, 2.05) is 37.4 Å². The number of aromatic nitrogens is 6. The highest BCUT2D eigenvalue weighted by atomic mass is 35.5. The Kier molecular flexibility index (Phi) is 8.04. The van der Waals surface area contributed by atoms with Crippen molar-refractivity contribution in [3.05, 3.63) is 84.0 Å². The Morgan fingerprint density at radius 3 is 2.71 bits per heavy atom. The number of carbonyl (C=O) groups excluding carboxylic acids is 1. The summed E-state index contributed by atoms with van der Waals surface area (Å²) in [5.74, 6) is 1.56. The van der Waals surface area contributed by atoms with Crippen molar-refractivity contribution in [3.63, 3.8) is 0 Å². The molecule has 0 radical (unpaired) electrons. The van der Waals surface area contributed by atoms with Crippen LogP contribution in [0.2, 0.25) is 5.02 Å². The number of carbonyl (C=O) groups is 1. The molecule has 1 aliphatic heterocycles. The van der Waals surface area contributed by atoms with Gasteiger partial charge in [-0.3, -0.25) is 14.8 Å². The molecule has 11 nitrogen and oxygen atoms in total. The third-order valence-electron chi connectivity index (χ3n) is 7.11. The first-order valence-electron chi connectivity index (χ1n) is 13.6. The molecule has 2 unspecified atom stereocenters. The molecule has 0 bridgehead atoms. The lowest BCUT2D eigenvalue weighted by atomic mass is 9.99. The fraction of sp³-hybridized carbons (Fsp3) is 0.267. The van der Waals surface area contributed by atoms with Crippen LogP contribution in [0.4, 0.5) is 0 Å². The summed E-state index contributed by atoms with van der Waals surface area (Å²) < 4.78 is 8.09. The molecule has 12 heteroatoms. The number of rotatable bonds is 8. The van der Waals surface area contributed by atoms with Gasteiger partial charge < -0.3 is 24.6 Å². The number of imidazole rings is 1. The molecule has 214 valence electrons. The number of aliphatic hydroxyl groups is 1. The molecule has 1 saturated heterocycles. The number of amides is 1. The number of fused-ring (bicyclic) bond motifs is 1. The van der Waals surface area contributed by atoms with Gasteiger partial charge in [0.2, 0.25) is 0 Å². The quantitative estimate of drug-likeness (QED) is 0.280. The summed E-state index contributed by atoms with van der Waals surface area (Å²) in [5.41, 5.74) is 3.26. The first-order chi connectivity index (χ1) is 20.5. The highest BCUT2D eigenvalue weighted by Gasteiger charge is 2.32. The van der Waals surface area contributed by atoms with E-state index in [1.165, 1.54) is 6.20 Å². The number of nitrogens with one attached hydrogen (secondary N) is 1. The standard InChI is InChI=1S/C30H29ClN8O3/c1-38-17-20(36-30(41)24-13-19(31)7-10-32-24)14-21(18-38)39-26-15-23(28-33-8-4-9-34-28)35-16-25(26)37-29(39)22-5-2-3-6-27(22)42-12-11-40/h2-10,13,15-16,20-21,40H,11-12,14,17-18H2,1H3,(H,36,41). The number of hydrogen-bond donors (Lipinski definition) is 2. The van der Waals surface area contributed by atoms with Crippen LogP contribution in [0.15, 0.2) is 73.3 Å². The van der Waals surface area contributed by atoms with Crippen LogP contribution in [0.3, 0.4) is 0 Å². The third-order valence-corrected chi connectivity index (χ3v) is 7.35. The average Bonchev–Trinajstić information content (AvgIpc) is 3.39. The van der Waals surface area contributed by atoms with Gasteiger partial charge in [0.05, 0.1) is 29.9 Å². The minimum absolute atomic E-state index is 0.0702. The maximum absolute atomic E-state index is 13.1. The molecule has 42 heavy (non-hydrogen) atoms. The molecule has 2 N–H and O–H groups in total. The lowest BCUT2D eigenvalue weighted by molar-refractivity contribution is 0.0889. The smallest absolute Gasteiger partial charge is 0.270 e. The van der Waals surface area contributed by atoms with Crippen molar-refractivity contribution >= 4 is 28.5 Å². The van der Waals surface area contributed by atoms with Gasteiger partial charge in [0.25, 0.3) is 5.91 Å². The number of benzene rings is 1. The molecule has 2 atom stereocenters. The Labute approximate surface area is 247 Å². The van der Waals surface area contributed by atoms with E-state index in [0.717, 1.165) is 17.6 Å². The number of hydrogen-bond acceptors (Lipinski definition) is 9. The summed E-state index contributed by atoms with van der Waals surface area (Å²) in [6.07, 6.45) is 7.27. The van der Waals surface area contributed by atoms with Gasteiger partial charge in [-0.05, 0) is 49.9 Å². The molecule has 4 aromatic heterocycles. The van der Waals surface area contributed by atoms with E-state index in [-0.39, 0.29) is 36.9 Å². The molecule has 5 heterocycles. The van der Waals surface area contributed by atoms with Crippen molar-refractivity contribution in [1.29, 1.82) is 0 Å². The van der Waals surface area contributed by atoms with Crippen LogP contribution in [-0.4, -0.2) is 84.8 Å². The number of para-hydroxylation sites is 1. The second kappa shape index (κ2) is 12.2. The number of likely N-dealkylation sites (N-methyl/N-ethyl adjacent to an activating group) is 1. The largest absolute Gasteiger partial charge is 0.490 e. The van der Waals surface area contributed by atoms with Crippen LogP contribution in [-0.2, 0) is 0 Å². The summed E-state index contributed by atoms with van der Waals surface area (Å²) in [4.78, 5) is 37.8. The lowest BCUT2D eigenvalue weighted by Gasteiger charge is -2.37. The highest BCUT2D eigenvalue weighted by molar-refractivity contribution is 6.30. The van der Waals surface area contributed by atoms with Gasteiger partial charge in [-0.1, -0.05) is 23.7 Å². The minimum atomic E-state index is -0.275. The molecule has 1 amide bonds. The van der Waals surface area contributed by atoms with Gasteiger partial charge in [0, 0.05) is 42.7 Å². The highest BCUT2D eigenvalue weighted by Crippen LogP contribution is 2.37. The second-order valence-corrected chi connectivity index (χ2v) is 10.6. The molecular formula is C30H29ClN8O3. The molecular weight excluding hydrogens is 556 g/mol. The van der Waals surface area contributed by atoms with Crippen LogP contribution in [0.25, 0.3) is 33.9 Å². The Balaban J connectivity index is 1.43. The topological polar surface area (TPSA) is 131 Å². The molecule has 0 saturated carbocycles. The molecule has 5 aromatic rings. The fourth-order valence-electron chi connectivity index (χ4n) is 5.41. The van der Waals surface area contributed by atoms with Gasteiger partial charge in [0.1, 0.15) is 35.1 Å². The van der Waals surface area contributed by atoms with Crippen molar-refractivity contribution in [2.75, 3.05) is 33.4 Å². The molecule has 1 aliphatic rings. The first-order valence-corrected chi connectivity index (χ1v) is 14.0. The number of ether oxygens (including phenoxy) is 1. The Hall–Kier alpha value is -4.45. The first kappa shape index (κ1) is 27.7. The van der Waals surface area contributed by atoms with Crippen molar-refractivity contribution in [2.45, 2.75) is 18.5 Å². The maximum atomic E-state index is 13.1. The molecule has 6 rings (SSSR count). The Bertz CT molecular complexity index is 1710. The van der Waals surface area contributed by atoms with E-state index in [2.05, 4.69) is 34.7 Å². The second-order valence-electron chi connectivity index (χ2n) is 10.1. The van der Waals surface area contributed by atoms with Crippen LogP contribution >= 0.6 is 11.6 Å². The van der Waals surface area contributed by atoms with E-state index < -0.39 is 0 Å². The fourth-order valence-corrected chi connectivity index (χ4v) is 5.57. The van der Waals surface area contributed by atoms with Crippen molar-refractivity contribution in [2.24, 2.45) is 0 Å². The Morgan fingerprint density at radius 2 is 1.90 bits per heavy atom. The number of aliphatic hydroxyl groups excluding tert-OH is 1. The normalized spacial score (nSPS) is 17.3. The zero-order chi connectivity index (χ0) is 29.1. The summed E-state index contributed by atoms with van der Waals surface area (Å²) in [6, 6.07) is 14.3. The summed E-state index contributed by atoms with van der Waals surface area (Å²) >= 11 is 6.10. The predicted octanol–water partition coefficient (Wildman–Crippen LogP) is 3.65. The van der Waals surface area contributed by atoms with Gasteiger partial charge in [-0.2, -0.15) is 0 Å². The van der Waals surface area contributed by atoms with Crippen LogP contribution in [0.5, 0.6) is 5.75 Å². The zero-order valence-electron chi connectivity index (χ0n) is 22.9. The SMILES string of the molecule is CN1CC(NC(=O)c2cc(Cl)ccn2)CC(n2c(-c3ccccc3OCCO)nc3cnc(-c4ncccn4)cc32)C1. The van der Waals surface area contributed by atoms with E-state index >= 15 is 0 Å². The van der Waals surface area contributed by atoms with Gasteiger partial charge in [-0.15, -0.1) is 0 Å². The number of likely N-dealkylation sites (tertiary alicyclic amines) is 1. The number of nitrogens with zero attached hydrogens (tertiary/aromatic N) is 7. The van der Waals surface area contributed by atoms with E-state index in [4.69, 9.17) is 21.3 Å². The zero-order valence-corrected chi connectivity index (χ0v) is 23.6. The minimum Gasteiger partial charge on any atom is -0.490 e. The molecule has 1 aromatic carbocycles. The van der Waals surface area contributed by atoms with Crippen molar-refractivity contribution < 1.29 is 14.6 Å².